The van der Waals surface area contributed by atoms with Gasteiger partial charge in [-0.2, -0.15) is 0 Å². The van der Waals surface area contributed by atoms with Gasteiger partial charge in [-0.3, -0.25) is 4.79 Å². The van der Waals surface area contributed by atoms with Crippen molar-refractivity contribution in [2.24, 2.45) is 0 Å². The van der Waals surface area contributed by atoms with Gasteiger partial charge < -0.3 is 5.32 Å². The third kappa shape index (κ3) is 2.77. The summed E-state index contributed by atoms with van der Waals surface area (Å²) in [5.41, 5.74) is 1.90. The minimum Gasteiger partial charge on any atom is -0.326 e. The van der Waals surface area contributed by atoms with Gasteiger partial charge >= 0.3 is 0 Å². The largest absolute Gasteiger partial charge is 0.326 e. The normalized spacial score (nSPS) is 9.77. The van der Waals surface area contributed by atoms with Gasteiger partial charge in [-0.1, -0.05) is 6.92 Å². The van der Waals surface area contributed by atoms with Gasteiger partial charge in [-0.25, -0.2) is 0 Å². The van der Waals surface area contributed by atoms with Gasteiger partial charge in [0.25, 0.3) is 0 Å². The zero-order valence-electron chi connectivity index (χ0n) is 7.79. The highest BCUT2D eigenvalue weighted by atomic mass is 32.1. The van der Waals surface area contributed by atoms with E-state index in [1.165, 1.54) is 0 Å². The maximum absolute atomic E-state index is 11.1. The number of nitrogens with one attached hydrogen (secondary N) is 1. The number of anilines is 1. The molecule has 0 spiro atoms. The van der Waals surface area contributed by atoms with Crippen LogP contribution in [0.25, 0.3) is 0 Å². The first kappa shape index (κ1) is 10.1. The number of benzene rings is 1. The van der Waals surface area contributed by atoms with Gasteiger partial charge in [0, 0.05) is 17.0 Å². The first-order valence-corrected chi connectivity index (χ1v) is 4.67. The Morgan fingerprint density at radius 1 is 1.54 bits per heavy atom. The van der Waals surface area contributed by atoms with E-state index in [0.717, 1.165) is 16.1 Å². The Morgan fingerprint density at radius 2 is 2.23 bits per heavy atom. The van der Waals surface area contributed by atoms with Crippen molar-refractivity contribution in [2.75, 3.05) is 5.32 Å². The highest BCUT2D eigenvalue weighted by Gasteiger charge is 2.01. The second-order valence-corrected chi connectivity index (χ2v) is 3.42. The standard InChI is InChI=1S/C10H13NOS/c1-3-10(12)11-9-5-4-8(13)6-7(9)2/h4-6,13H,3H2,1-2H3,(H,11,12). The molecule has 0 unspecified atom stereocenters. The van der Waals surface area contributed by atoms with Gasteiger partial charge in [0.05, 0.1) is 0 Å². The summed E-state index contributed by atoms with van der Waals surface area (Å²) in [6.45, 7) is 3.78. The molecule has 0 heterocycles. The molecule has 0 atom stereocenters. The van der Waals surface area contributed by atoms with Gasteiger partial charge in [0.1, 0.15) is 0 Å². The third-order valence-corrected chi connectivity index (χ3v) is 2.08. The van der Waals surface area contributed by atoms with E-state index in [4.69, 9.17) is 0 Å². The highest BCUT2D eigenvalue weighted by Crippen LogP contribution is 2.18. The number of amides is 1. The molecule has 0 bridgehead atoms. The highest BCUT2D eigenvalue weighted by molar-refractivity contribution is 7.80. The van der Waals surface area contributed by atoms with E-state index in [1.807, 2.05) is 32.0 Å². The topological polar surface area (TPSA) is 29.1 Å². The average molecular weight is 195 g/mol. The smallest absolute Gasteiger partial charge is 0.224 e. The monoisotopic (exact) mass is 195 g/mol. The number of hydrogen-bond donors (Lipinski definition) is 2. The van der Waals surface area contributed by atoms with Crippen LogP contribution in [0.5, 0.6) is 0 Å². The maximum Gasteiger partial charge on any atom is 0.224 e. The molecule has 0 fully saturated rings. The van der Waals surface area contributed by atoms with Crippen molar-refractivity contribution in [1.82, 2.24) is 0 Å². The Morgan fingerprint density at radius 3 is 2.77 bits per heavy atom. The molecule has 0 aromatic heterocycles. The minimum absolute atomic E-state index is 0.0371. The predicted molar refractivity (Wildman–Crippen MR) is 57.4 cm³/mol. The summed E-state index contributed by atoms with van der Waals surface area (Å²) >= 11 is 4.20. The molecular formula is C10H13NOS. The molecule has 13 heavy (non-hydrogen) atoms. The van der Waals surface area contributed by atoms with Crippen LogP contribution in [0.4, 0.5) is 5.69 Å². The Bertz CT molecular complexity index is 323. The summed E-state index contributed by atoms with van der Waals surface area (Å²) in [4.78, 5) is 12.0. The van der Waals surface area contributed by atoms with Crippen LogP contribution in [-0.4, -0.2) is 5.91 Å². The van der Waals surface area contributed by atoms with Crippen LogP contribution >= 0.6 is 12.6 Å². The average Bonchev–Trinajstić information content (AvgIpc) is 2.09. The molecule has 0 aliphatic rings. The number of carbonyl (C=O) groups excluding carboxylic acids is 1. The van der Waals surface area contributed by atoms with E-state index in [2.05, 4.69) is 17.9 Å². The van der Waals surface area contributed by atoms with E-state index in [1.54, 1.807) is 0 Å². The summed E-state index contributed by atoms with van der Waals surface area (Å²) in [5.74, 6) is 0.0371. The van der Waals surface area contributed by atoms with Crippen molar-refractivity contribution in [3.8, 4) is 0 Å². The predicted octanol–water partition coefficient (Wildman–Crippen LogP) is 2.63. The molecule has 1 N–H and O–H groups in total. The second kappa shape index (κ2) is 4.33. The number of thiol groups is 1. The first-order valence-electron chi connectivity index (χ1n) is 4.23. The molecule has 1 aromatic carbocycles. The van der Waals surface area contributed by atoms with Gasteiger partial charge in [0.2, 0.25) is 5.91 Å². The number of aryl methyl sites for hydroxylation is 1. The van der Waals surface area contributed by atoms with Crippen molar-refractivity contribution in [2.45, 2.75) is 25.2 Å². The van der Waals surface area contributed by atoms with Crippen molar-refractivity contribution < 1.29 is 4.79 Å². The SMILES string of the molecule is CCC(=O)Nc1ccc(S)cc1C. The van der Waals surface area contributed by atoms with Crippen LogP contribution in [-0.2, 0) is 4.79 Å². The van der Waals surface area contributed by atoms with Crippen LogP contribution in [0.2, 0.25) is 0 Å². The van der Waals surface area contributed by atoms with Gasteiger partial charge in [-0.05, 0) is 30.7 Å². The molecule has 0 saturated carbocycles. The number of carbonyl (C=O) groups is 1. The minimum atomic E-state index is 0.0371. The molecule has 1 rings (SSSR count). The maximum atomic E-state index is 11.1. The molecule has 1 amide bonds. The molecule has 0 aliphatic heterocycles. The molecule has 0 radical (unpaired) electrons. The summed E-state index contributed by atoms with van der Waals surface area (Å²) in [6, 6.07) is 5.65. The molecule has 0 aliphatic carbocycles. The van der Waals surface area contributed by atoms with Gasteiger partial charge in [-0.15, -0.1) is 12.6 Å². The Hall–Kier alpha value is -0.960. The van der Waals surface area contributed by atoms with Crippen molar-refractivity contribution >= 4 is 24.2 Å². The lowest BCUT2D eigenvalue weighted by Gasteiger charge is -2.07. The van der Waals surface area contributed by atoms with E-state index in [9.17, 15) is 4.79 Å². The van der Waals surface area contributed by atoms with Crippen molar-refractivity contribution in [3.63, 3.8) is 0 Å². The lowest BCUT2D eigenvalue weighted by atomic mass is 10.2. The molecule has 3 heteroatoms. The fourth-order valence-electron chi connectivity index (χ4n) is 1.03. The fraction of sp³-hybridized carbons (Fsp3) is 0.300. The number of hydrogen-bond acceptors (Lipinski definition) is 2. The van der Waals surface area contributed by atoms with Crippen LogP contribution in [0.1, 0.15) is 18.9 Å². The summed E-state index contributed by atoms with van der Waals surface area (Å²) in [5, 5.41) is 2.81. The lowest BCUT2D eigenvalue weighted by molar-refractivity contribution is -0.115. The number of rotatable bonds is 2. The summed E-state index contributed by atoms with van der Waals surface area (Å²) < 4.78 is 0. The third-order valence-electron chi connectivity index (χ3n) is 1.81. The molecule has 70 valence electrons. The van der Waals surface area contributed by atoms with E-state index < -0.39 is 0 Å². The zero-order chi connectivity index (χ0) is 9.84. The molecule has 0 saturated heterocycles. The summed E-state index contributed by atoms with van der Waals surface area (Å²) in [7, 11) is 0. The Balaban J connectivity index is 2.83. The van der Waals surface area contributed by atoms with Crippen LogP contribution < -0.4 is 5.32 Å². The summed E-state index contributed by atoms with van der Waals surface area (Å²) in [6.07, 6.45) is 0.502. The van der Waals surface area contributed by atoms with E-state index in [-0.39, 0.29) is 5.91 Å². The zero-order valence-corrected chi connectivity index (χ0v) is 8.69. The van der Waals surface area contributed by atoms with Crippen molar-refractivity contribution in [3.05, 3.63) is 23.8 Å². The quantitative estimate of drug-likeness (QED) is 0.698. The Labute approximate surface area is 83.8 Å². The van der Waals surface area contributed by atoms with Crippen LogP contribution in [0.3, 0.4) is 0 Å². The van der Waals surface area contributed by atoms with Crippen molar-refractivity contribution in [1.29, 1.82) is 0 Å². The van der Waals surface area contributed by atoms with Crippen LogP contribution in [0, 0.1) is 6.92 Å². The van der Waals surface area contributed by atoms with Gasteiger partial charge in [0.15, 0.2) is 0 Å². The Kier molecular flexibility index (Phi) is 3.37. The molecular weight excluding hydrogens is 182 g/mol. The fourth-order valence-corrected chi connectivity index (χ4v) is 1.29. The molecule has 2 nitrogen and oxygen atoms in total. The van der Waals surface area contributed by atoms with E-state index in [0.29, 0.717) is 6.42 Å². The van der Waals surface area contributed by atoms with E-state index >= 15 is 0 Å². The lowest BCUT2D eigenvalue weighted by Crippen LogP contribution is -2.10. The first-order chi connectivity index (χ1) is 6.13. The molecule has 1 aromatic rings. The second-order valence-electron chi connectivity index (χ2n) is 2.90. The van der Waals surface area contributed by atoms with Crippen LogP contribution in [0.15, 0.2) is 23.1 Å².